The van der Waals surface area contributed by atoms with Crippen molar-refractivity contribution >= 4 is 11.6 Å². The zero-order chi connectivity index (χ0) is 24.0. The van der Waals surface area contributed by atoms with Gasteiger partial charge in [0.2, 0.25) is 0 Å². The molecule has 1 aliphatic carbocycles. The molecule has 0 radical (unpaired) electrons. The van der Waals surface area contributed by atoms with Gasteiger partial charge >= 0.3 is 0 Å². The molecule has 0 aliphatic heterocycles. The maximum Gasteiger partial charge on any atom is 0.295 e. The third-order valence-corrected chi connectivity index (χ3v) is 6.57. The van der Waals surface area contributed by atoms with Crippen LogP contribution in [0.1, 0.15) is 46.2 Å². The molecule has 0 saturated heterocycles. The number of anilines is 1. The van der Waals surface area contributed by atoms with E-state index in [9.17, 15) is 14.0 Å². The molecule has 0 fully saturated rings. The van der Waals surface area contributed by atoms with Crippen molar-refractivity contribution < 1.29 is 13.7 Å². The molecule has 34 heavy (non-hydrogen) atoms. The van der Waals surface area contributed by atoms with Crippen LogP contribution in [-0.4, -0.2) is 20.4 Å². The molecule has 1 amide bonds. The SMILES string of the molecule is CCc1ccc2c(c1)CCCc1c(C(=O)Nc3c(C)n(C)n(-c4ccccc4F)c3=O)noc1-2. The van der Waals surface area contributed by atoms with Gasteiger partial charge in [-0.25, -0.2) is 9.07 Å². The van der Waals surface area contributed by atoms with Gasteiger partial charge in [0.05, 0.1) is 5.69 Å². The Bertz CT molecular complexity index is 1480. The molecular weight excluding hydrogens is 435 g/mol. The van der Waals surface area contributed by atoms with Crippen molar-refractivity contribution in [3.8, 4) is 17.0 Å². The molecular formula is C26H25FN4O3. The van der Waals surface area contributed by atoms with Crippen LogP contribution in [0, 0.1) is 12.7 Å². The number of aryl methyl sites for hydroxylation is 2. The number of benzene rings is 2. The second-order valence-electron chi connectivity index (χ2n) is 8.54. The molecule has 5 rings (SSSR count). The lowest BCUT2D eigenvalue weighted by Crippen LogP contribution is -2.24. The summed E-state index contributed by atoms with van der Waals surface area (Å²) in [7, 11) is 1.64. The Labute approximate surface area is 195 Å². The van der Waals surface area contributed by atoms with Crippen molar-refractivity contribution in [2.24, 2.45) is 7.05 Å². The number of hydrogen-bond donors (Lipinski definition) is 1. The summed E-state index contributed by atoms with van der Waals surface area (Å²) in [5, 5.41) is 6.78. The Morgan fingerprint density at radius 3 is 2.76 bits per heavy atom. The van der Waals surface area contributed by atoms with Crippen molar-refractivity contribution in [2.75, 3.05) is 5.32 Å². The standard InChI is InChI=1S/C26H25FN4O3/c1-4-16-12-13-18-17(14-16)8-7-9-19-23(29-34-24(18)19)25(32)28-22-15(2)30(3)31(26(22)33)21-11-6-5-10-20(21)27/h5-6,10-14H,4,7-9H2,1-3H3,(H,28,32). The topological polar surface area (TPSA) is 82.1 Å². The summed E-state index contributed by atoms with van der Waals surface area (Å²) in [6.07, 6.45) is 3.34. The van der Waals surface area contributed by atoms with Crippen molar-refractivity contribution in [2.45, 2.75) is 39.5 Å². The molecule has 4 aromatic rings. The normalized spacial score (nSPS) is 12.7. The lowest BCUT2D eigenvalue weighted by atomic mass is 9.99. The lowest BCUT2D eigenvalue weighted by Gasteiger charge is -2.08. The van der Waals surface area contributed by atoms with Gasteiger partial charge in [-0.3, -0.25) is 14.3 Å². The smallest absolute Gasteiger partial charge is 0.295 e. The van der Waals surface area contributed by atoms with E-state index in [1.165, 1.54) is 32.6 Å². The number of para-hydroxylation sites is 1. The first-order chi connectivity index (χ1) is 16.4. The summed E-state index contributed by atoms with van der Waals surface area (Å²) < 4.78 is 22.7. The summed E-state index contributed by atoms with van der Waals surface area (Å²) >= 11 is 0. The molecule has 2 aromatic heterocycles. The zero-order valence-corrected chi connectivity index (χ0v) is 19.3. The highest BCUT2D eigenvalue weighted by atomic mass is 19.1. The second-order valence-corrected chi connectivity index (χ2v) is 8.54. The minimum atomic E-state index is -0.533. The Morgan fingerprint density at radius 2 is 2.00 bits per heavy atom. The van der Waals surface area contributed by atoms with Crippen LogP contribution < -0.4 is 10.9 Å². The van der Waals surface area contributed by atoms with Crippen LogP contribution in [0.3, 0.4) is 0 Å². The van der Waals surface area contributed by atoms with Crippen LogP contribution >= 0.6 is 0 Å². The maximum absolute atomic E-state index is 14.4. The van der Waals surface area contributed by atoms with Crippen LogP contribution in [0.15, 0.2) is 51.8 Å². The van der Waals surface area contributed by atoms with Crippen molar-refractivity contribution in [1.82, 2.24) is 14.5 Å². The summed E-state index contributed by atoms with van der Waals surface area (Å²) in [5.41, 5.74) is 4.46. The summed E-state index contributed by atoms with van der Waals surface area (Å²) in [5.74, 6) is -0.450. The number of hydrogen-bond acceptors (Lipinski definition) is 4. The van der Waals surface area contributed by atoms with Crippen molar-refractivity contribution in [1.29, 1.82) is 0 Å². The zero-order valence-electron chi connectivity index (χ0n) is 19.3. The average molecular weight is 461 g/mol. The molecule has 0 unspecified atom stereocenters. The first-order valence-electron chi connectivity index (χ1n) is 11.4. The second kappa shape index (κ2) is 8.44. The summed E-state index contributed by atoms with van der Waals surface area (Å²) in [6, 6.07) is 12.3. The maximum atomic E-state index is 14.4. The molecule has 0 bridgehead atoms. The minimum absolute atomic E-state index is 0.0779. The van der Waals surface area contributed by atoms with Gasteiger partial charge in [-0.15, -0.1) is 0 Å². The van der Waals surface area contributed by atoms with Gasteiger partial charge in [-0.05, 0) is 55.9 Å². The summed E-state index contributed by atoms with van der Waals surface area (Å²) in [6.45, 7) is 3.81. The highest BCUT2D eigenvalue weighted by molar-refractivity contribution is 6.05. The third-order valence-electron chi connectivity index (χ3n) is 6.57. The largest absolute Gasteiger partial charge is 0.355 e. The van der Waals surface area contributed by atoms with Crippen molar-refractivity contribution in [3.05, 3.63) is 86.7 Å². The number of nitrogens with zero attached hydrogens (tertiary/aromatic N) is 3. The fourth-order valence-corrected chi connectivity index (χ4v) is 4.60. The molecule has 7 nitrogen and oxygen atoms in total. The van der Waals surface area contributed by atoms with E-state index in [2.05, 4.69) is 29.5 Å². The number of rotatable bonds is 4. The van der Waals surface area contributed by atoms with Crippen LogP contribution in [0.5, 0.6) is 0 Å². The van der Waals surface area contributed by atoms with Crippen LogP contribution in [0.2, 0.25) is 0 Å². The first kappa shape index (κ1) is 21.9. The fraction of sp³-hybridized carbons (Fsp3) is 0.269. The van der Waals surface area contributed by atoms with E-state index in [0.29, 0.717) is 17.9 Å². The van der Waals surface area contributed by atoms with Gasteiger partial charge in [0.25, 0.3) is 11.5 Å². The molecule has 174 valence electrons. The van der Waals surface area contributed by atoms with E-state index in [1.54, 1.807) is 26.1 Å². The van der Waals surface area contributed by atoms with Crippen LogP contribution in [0.25, 0.3) is 17.0 Å². The van der Waals surface area contributed by atoms with Crippen LogP contribution in [-0.2, 0) is 26.3 Å². The third kappa shape index (κ3) is 3.46. The molecule has 2 aromatic carbocycles. The number of carbonyl (C=O) groups excluding carboxylic acids is 1. The van der Waals surface area contributed by atoms with Gasteiger partial charge in [0.1, 0.15) is 17.2 Å². The van der Waals surface area contributed by atoms with Gasteiger partial charge < -0.3 is 9.84 Å². The van der Waals surface area contributed by atoms with E-state index in [4.69, 9.17) is 4.52 Å². The number of carbonyl (C=O) groups is 1. The van der Waals surface area contributed by atoms with Gasteiger partial charge in [-0.1, -0.05) is 42.4 Å². The quantitative estimate of drug-likeness (QED) is 0.483. The minimum Gasteiger partial charge on any atom is -0.355 e. The molecule has 0 atom stereocenters. The molecule has 0 saturated carbocycles. The fourth-order valence-electron chi connectivity index (χ4n) is 4.60. The molecule has 8 heteroatoms. The number of aromatic nitrogens is 3. The lowest BCUT2D eigenvalue weighted by molar-refractivity contribution is 0.101. The Morgan fingerprint density at radius 1 is 1.21 bits per heavy atom. The molecule has 1 aliphatic rings. The van der Waals surface area contributed by atoms with Crippen molar-refractivity contribution in [3.63, 3.8) is 0 Å². The van der Waals surface area contributed by atoms with E-state index >= 15 is 0 Å². The van der Waals surface area contributed by atoms with Gasteiger partial charge in [0, 0.05) is 18.2 Å². The van der Waals surface area contributed by atoms with E-state index in [1.807, 2.05) is 6.07 Å². The predicted molar refractivity (Wildman–Crippen MR) is 127 cm³/mol. The van der Waals surface area contributed by atoms with E-state index in [-0.39, 0.29) is 17.1 Å². The van der Waals surface area contributed by atoms with Gasteiger partial charge in [-0.2, -0.15) is 0 Å². The Hall–Kier alpha value is -3.94. The average Bonchev–Trinajstić information content (AvgIpc) is 3.27. The number of fused-ring (bicyclic) bond motifs is 3. The highest BCUT2D eigenvalue weighted by Crippen LogP contribution is 2.35. The van der Waals surface area contributed by atoms with E-state index < -0.39 is 17.3 Å². The molecule has 2 heterocycles. The molecule has 1 N–H and O–H groups in total. The summed E-state index contributed by atoms with van der Waals surface area (Å²) in [4.78, 5) is 26.4. The van der Waals surface area contributed by atoms with Crippen LogP contribution in [0.4, 0.5) is 10.1 Å². The number of amides is 1. The number of halogens is 1. The highest BCUT2D eigenvalue weighted by Gasteiger charge is 2.28. The van der Waals surface area contributed by atoms with E-state index in [0.717, 1.165) is 30.4 Å². The Balaban J connectivity index is 1.52. The monoisotopic (exact) mass is 460 g/mol. The Kier molecular flexibility index (Phi) is 5.43. The first-order valence-corrected chi connectivity index (χ1v) is 11.4. The van der Waals surface area contributed by atoms with Gasteiger partial charge in [0.15, 0.2) is 11.5 Å². The number of nitrogens with one attached hydrogen (secondary N) is 1. The predicted octanol–water partition coefficient (Wildman–Crippen LogP) is 4.58. The molecule has 0 spiro atoms.